The summed E-state index contributed by atoms with van der Waals surface area (Å²) in [5.74, 6) is 1.62. The standard InChI is InChI=1S/C32H39N5OS/c1-19-17-26(33-30-28(19)20(2)36-37(30)7)34-35-29(21-9-8-10-21)25-13-14-27(38-25)39-22-11-12-23-24(18-22)32(5,6)16-15-31(23,3)4/h11-14,17-18,35H,8-10,15-16H2,1-7H3,(H,33,34). The summed E-state index contributed by atoms with van der Waals surface area (Å²) in [6.45, 7) is 13.6. The zero-order valence-electron chi connectivity index (χ0n) is 24.2. The molecule has 0 radical (unpaired) electrons. The molecule has 0 saturated heterocycles. The molecule has 0 spiro atoms. The average molecular weight is 542 g/mol. The summed E-state index contributed by atoms with van der Waals surface area (Å²) in [5, 5.41) is 6.55. The fraction of sp³-hybridized carbons (Fsp3) is 0.438. The van der Waals surface area contributed by atoms with Crippen LogP contribution in [0, 0.1) is 13.8 Å². The van der Waals surface area contributed by atoms with Crippen LogP contribution in [0.3, 0.4) is 0 Å². The molecule has 2 aliphatic rings. The van der Waals surface area contributed by atoms with Crippen LogP contribution in [-0.4, -0.2) is 14.8 Å². The van der Waals surface area contributed by atoms with Gasteiger partial charge < -0.3 is 4.42 Å². The lowest BCUT2D eigenvalue weighted by Crippen LogP contribution is -2.33. The molecule has 4 aromatic rings. The number of hydrogen-bond acceptors (Lipinski definition) is 6. The number of nitrogens with zero attached hydrogens (tertiary/aromatic N) is 3. The number of aromatic nitrogens is 3. The minimum atomic E-state index is 0.191. The van der Waals surface area contributed by atoms with Gasteiger partial charge >= 0.3 is 0 Å². The summed E-state index contributed by atoms with van der Waals surface area (Å²) in [5.41, 5.74) is 15.6. The Bertz CT molecular complexity index is 1600. The molecule has 0 aliphatic heterocycles. The molecule has 0 bridgehead atoms. The Kier molecular flexibility index (Phi) is 6.33. The normalized spacial score (nSPS) is 17.6. The number of fused-ring (bicyclic) bond motifs is 2. The molecule has 204 valence electrons. The van der Waals surface area contributed by atoms with Gasteiger partial charge in [-0.3, -0.25) is 15.5 Å². The van der Waals surface area contributed by atoms with E-state index in [0.717, 1.165) is 57.5 Å². The number of allylic oxidation sites excluding steroid dienone is 1. The highest BCUT2D eigenvalue weighted by atomic mass is 32.2. The molecular weight excluding hydrogens is 502 g/mol. The lowest BCUT2D eigenvalue weighted by atomic mass is 9.63. The molecule has 1 fully saturated rings. The number of pyridine rings is 1. The molecule has 0 atom stereocenters. The Hall–Kier alpha value is -3.19. The van der Waals surface area contributed by atoms with Crippen molar-refractivity contribution >= 4 is 34.3 Å². The van der Waals surface area contributed by atoms with Gasteiger partial charge in [0.05, 0.1) is 11.4 Å². The lowest BCUT2D eigenvalue weighted by molar-refractivity contribution is 0.331. The average Bonchev–Trinajstić information content (AvgIpc) is 3.42. The van der Waals surface area contributed by atoms with Crippen LogP contribution in [-0.2, 0) is 17.9 Å². The second kappa shape index (κ2) is 9.47. The molecule has 2 N–H and O–H groups in total. The van der Waals surface area contributed by atoms with Crippen LogP contribution in [0.5, 0.6) is 0 Å². The second-order valence-corrected chi connectivity index (χ2v) is 13.6. The van der Waals surface area contributed by atoms with Gasteiger partial charge in [0.1, 0.15) is 5.82 Å². The first-order chi connectivity index (χ1) is 18.5. The van der Waals surface area contributed by atoms with Crippen LogP contribution in [0.15, 0.2) is 56.4 Å². The van der Waals surface area contributed by atoms with Crippen molar-refractivity contribution in [1.82, 2.24) is 20.2 Å². The number of furan rings is 1. The van der Waals surface area contributed by atoms with Gasteiger partial charge in [0.2, 0.25) is 0 Å². The smallest absolute Gasteiger partial charge is 0.165 e. The van der Waals surface area contributed by atoms with Crippen molar-refractivity contribution in [3.63, 3.8) is 0 Å². The first-order valence-electron chi connectivity index (χ1n) is 14.0. The maximum absolute atomic E-state index is 6.42. The highest BCUT2D eigenvalue weighted by Crippen LogP contribution is 2.47. The third-order valence-corrected chi connectivity index (χ3v) is 9.57. The van der Waals surface area contributed by atoms with E-state index in [1.165, 1.54) is 40.9 Å². The van der Waals surface area contributed by atoms with Crippen LogP contribution >= 0.6 is 11.8 Å². The predicted molar refractivity (Wildman–Crippen MR) is 160 cm³/mol. The fourth-order valence-corrected chi connectivity index (χ4v) is 6.85. The predicted octanol–water partition coefficient (Wildman–Crippen LogP) is 8.19. The first kappa shape index (κ1) is 26.1. The summed E-state index contributed by atoms with van der Waals surface area (Å²) in [6, 6.07) is 13.2. The van der Waals surface area contributed by atoms with E-state index >= 15 is 0 Å². The quantitative estimate of drug-likeness (QED) is 0.240. The number of hydrogen-bond donors (Lipinski definition) is 2. The van der Waals surface area contributed by atoms with Gasteiger partial charge in [0, 0.05) is 17.3 Å². The molecule has 1 saturated carbocycles. The van der Waals surface area contributed by atoms with Crippen molar-refractivity contribution in [2.45, 2.75) is 94.5 Å². The van der Waals surface area contributed by atoms with Gasteiger partial charge in [-0.1, -0.05) is 45.5 Å². The Morgan fingerprint density at radius 2 is 1.72 bits per heavy atom. The summed E-state index contributed by atoms with van der Waals surface area (Å²) in [4.78, 5) is 6.04. The highest BCUT2D eigenvalue weighted by molar-refractivity contribution is 7.99. The highest BCUT2D eigenvalue weighted by Gasteiger charge is 2.37. The van der Waals surface area contributed by atoms with E-state index in [1.807, 2.05) is 18.7 Å². The molecule has 2 aliphatic carbocycles. The van der Waals surface area contributed by atoms with E-state index in [0.29, 0.717) is 0 Å². The molecule has 3 heterocycles. The van der Waals surface area contributed by atoms with Crippen molar-refractivity contribution in [2.24, 2.45) is 7.05 Å². The van der Waals surface area contributed by atoms with Crippen molar-refractivity contribution in [3.05, 3.63) is 70.1 Å². The van der Waals surface area contributed by atoms with Gasteiger partial charge in [-0.15, -0.1) is 0 Å². The minimum Gasteiger partial charge on any atom is -0.448 e. The van der Waals surface area contributed by atoms with Crippen molar-refractivity contribution in [3.8, 4) is 0 Å². The van der Waals surface area contributed by atoms with E-state index in [2.05, 4.69) is 87.0 Å². The second-order valence-electron chi connectivity index (χ2n) is 12.5. The monoisotopic (exact) mass is 541 g/mol. The molecule has 1 aromatic carbocycles. The van der Waals surface area contributed by atoms with Crippen LogP contribution in [0.2, 0.25) is 0 Å². The van der Waals surface area contributed by atoms with Crippen LogP contribution < -0.4 is 10.9 Å². The minimum absolute atomic E-state index is 0.191. The molecule has 3 aromatic heterocycles. The number of aryl methyl sites for hydroxylation is 3. The molecule has 0 amide bonds. The number of benzene rings is 1. The third-order valence-electron chi connectivity index (χ3n) is 8.66. The van der Waals surface area contributed by atoms with E-state index in [1.54, 1.807) is 11.8 Å². The molecule has 0 unspecified atom stereocenters. The van der Waals surface area contributed by atoms with Gasteiger partial charge in [-0.25, -0.2) is 4.98 Å². The van der Waals surface area contributed by atoms with E-state index in [-0.39, 0.29) is 10.8 Å². The largest absolute Gasteiger partial charge is 0.448 e. The van der Waals surface area contributed by atoms with Gasteiger partial charge in [0.25, 0.3) is 0 Å². The Balaban J connectivity index is 1.23. The van der Waals surface area contributed by atoms with Gasteiger partial charge in [-0.05, 0) is 109 Å². The SMILES string of the molecule is Cc1cc(NNC(=C2CCC2)c2ccc(Sc3ccc4c(c3)C(C)(C)CCC4(C)C)o2)nc2c1c(C)nn2C. The number of nitrogens with one attached hydrogen (secondary N) is 2. The van der Waals surface area contributed by atoms with Gasteiger partial charge in [-0.2, -0.15) is 5.10 Å². The summed E-state index contributed by atoms with van der Waals surface area (Å²) in [6.07, 6.45) is 5.81. The molecular formula is C32H39N5OS. The van der Waals surface area contributed by atoms with Crippen molar-refractivity contribution in [2.75, 3.05) is 5.43 Å². The van der Waals surface area contributed by atoms with Crippen LogP contribution in [0.1, 0.15) is 87.9 Å². The molecule has 6 rings (SSSR count). The summed E-state index contributed by atoms with van der Waals surface area (Å²) in [7, 11) is 1.94. The maximum Gasteiger partial charge on any atom is 0.165 e. The molecule has 6 nitrogen and oxygen atoms in total. The number of hydrazine groups is 1. The van der Waals surface area contributed by atoms with E-state index < -0.39 is 0 Å². The Labute approximate surface area is 235 Å². The zero-order chi connectivity index (χ0) is 27.5. The lowest BCUT2D eigenvalue weighted by Gasteiger charge is -2.42. The van der Waals surface area contributed by atoms with Crippen molar-refractivity contribution < 1.29 is 4.42 Å². The topological polar surface area (TPSA) is 67.9 Å². The summed E-state index contributed by atoms with van der Waals surface area (Å²) < 4.78 is 8.26. The number of rotatable bonds is 6. The van der Waals surface area contributed by atoms with Gasteiger partial charge in [0.15, 0.2) is 16.5 Å². The van der Waals surface area contributed by atoms with E-state index in [4.69, 9.17) is 9.40 Å². The number of anilines is 1. The van der Waals surface area contributed by atoms with Crippen LogP contribution in [0.4, 0.5) is 5.82 Å². The fourth-order valence-electron chi connectivity index (χ4n) is 6.03. The maximum atomic E-state index is 6.42. The molecule has 39 heavy (non-hydrogen) atoms. The van der Waals surface area contributed by atoms with E-state index in [9.17, 15) is 0 Å². The summed E-state index contributed by atoms with van der Waals surface area (Å²) >= 11 is 1.70. The molecule has 7 heteroatoms. The van der Waals surface area contributed by atoms with Crippen molar-refractivity contribution in [1.29, 1.82) is 0 Å². The van der Waals surface area contributed by atoms with Crippen LogP contribution in [0.25, 0.3) is 16.7 Å². The Morgan fingerprint density at radius 3 is 2.44 bits per heavy atom. The zero-order valence-corrected chi connectivity index (χ0v) is 25.0. The third kappa shape index (κ3) is 4.75. The first-order valence-corrected chi connectivity index (χ1v) is 14.8. The Morgan fingerprint density at radius 1 is 0.974 bits per heavy atom.